The first-order chi connectivity index (χ1) is 3.80. The van der Waals surface area contributed by atoms with Gasteiger partial charge in [0.25, 0.3) is 0 Å². The molecule has 4 nitrogen and oxygen atoms in total. The van der Waals surface area contributed by atoms with E-state index in [2.05, 4.69) is 9.36 Å². The van der Waals surface area contributed by atoms with Crippen LogP contribution in [0.5, 0.6) is 0 Å². The molecule has 1 rings (SSSR count). The van der Waals surface area contributed by atoms with Gasteiger partial charge in [-0.3, -0.25) is 0 Å². The van der Waals surface area contributed by atoms with Gasteiger partial charge in [-0.25, -0.2) is 4.98 Å². The van der Waals surface area contributed by atoms with Crippen LogP contribution in [0.1, 0.15) is 0 Å². The summed E-state index contributed by atoms with van der Waals surface area (Å²) in [4.78, 5) is 3.75. The minimum absolute atomic E-state index is 0.227. The second-order valence-electron chi connectivity index (χ2n) is 1.15. The molecule has 0 fully saturated rings. The van der Waals surface area contributed by atoms with E-state index in [4.69, 9.17) is 10.0 Å². The summed E-state index contributed by atoms with van der Waals surface area (Å²) in [6, 6.07) is 0. The highest BCUT2D eigenvalue weighted by Crippen LogP contribution is 1.80. The monoisotopic (exact) mass is 130 g/mol. The highest BCUT2D eigenvalue weighted by Gasteiger charge is 2.13. The molecular formula is C2H3BN2O2S. The van der Waals surface area contributed by atoms with Crippen molar-refractivity contribution in [2.75, 3.05) is 0 Å². The molecule has 2 N–H and O–H groups in total. The van der Waals surface area contributed by atoms with Crippen LogP contribution in [0.4, 0.5) is 0 Å². The van der Waals surface area contributed by atoms with Gasteiger partial charge in [0.2, 0.25) is 0 Å². The molecule has 0 saturated carbocycles. The molecule has 42 valence electrons. The third kappa shape index (κ3) is 1.03. The largest absolute Gasteiger partial charge is 0.520 e. The maximum Gasteiger partial charge on any atom is 0.520 e. The van der Waals surface area contributed by atoms with Crippen molar-refractivity contribution in [1.29, 1.82) is 0 Å². The summed E-state index contributed by atoms with van der Waals surface area (Å²) in [5.74, 6) is 0. The lowest BCUT2D eigenvalue weighted by Crippen LogP contribution is -2.28. The van der Waals surface area contributed by atoms with E-state index in [0.717, 1.165) is 11.5 Å². The first-order valence-electron chi connectivity index (χ1n) is 1.93. The highest BCUT2D eigenvalue weighted by molar-refractivity contribution is 7.16. The van der Waals surface area contributed by atoms with E-state index in [1.807, 2.05) is 0 Å². The smallest absolute Gasteiger partial charge is 0.422 e. The third-order valence-corrected chi connectivity index (χ3v) is 1.30. The molecule has 0 aliphatic carbocycles. The predicted octanol–water partition coefficient (Wildman–Crippen LogP) is -1.78. The Balaban J connectivity index is 2.77. The Morgan fingerprint density at radius 3 is 2.62 bits per heavy atom. The number of rotatable bonds is 1. The van der Waals surface area contributed by atoms with Crippen LogP contribution < -0.4 is 4.91 Å². The third-order valence-electron chi connectivity index (χ3n) is 0.599. The molecule has 1 heterocycles. The molecule has 0 radical (unpaired) electrons. The summed E-state index contributed by atoms with van der Waals surface area (Å²) < 4.78 is 3.55. The summed E-state index contributed by atoms with van der Waals surface area (Å²) in [5.41, 5.74) is 0. The Morgan fingerprint density at radius 1 is 1.62 bits per heavy atom. The molecule has 0 aliphatic rings. The van der Waals surface area contributed by atoms with E-state index >= 15 is 0 Å². The zero-order valence-electron chi connectivity index (χ0n) is 3.85. The van der Waals surface area contributed by atoms with Gasteiger partial charge in [0.15, 0.2) is 0 Å². The summed E-state index contributed by atoms with van der Waals surface area (Å²) in [6.07, 6.45) is 1.28. The number of hydrogen-bond acceptors (Lipinski definition) is 5. The lowest BCUT2D eigenvalue weighted by Gasteiger charge is -1.84. The van der Waals surface area contributed by atoms with E-state index in [1.165, 1.54) is 6.33 Å². The Kier molecular flexibility index (Phi) is 1.57. The second-order valence-corrected chi connectivity index (χ2v) is 1.96. The normalized spacial score (nSPS) is 9.25. The van der Waals surface area contributed by atoms with Gasteiger partial charge in [-0.05, 0) is 11.5 Å². The van der Waals surface area contributed by atoms with Crippen LogP contribution in [0.3, 0.4) is 0 Å². The molecule has 0 bridgehead atoms. The first kappa shape index (κ1) is 5.68. The van der Waals surface area contributed by atoms with Crippen LogP contribution in [-0.4, -0.2) is 26.5 Å². The fourth-order valence-corrected chi connectivity index (χ4v) is 0.686. The topological polar surface area (TPSA) is 66.2 Å². The minimum Gasteiger partial charge on any atom is -0.422 e. The van der Waals surface area contributed by atoms with E-state index in [9.17, 15) is 0 Å². The van der Waals surface area contributed by atoms with E-state index in [1.54, 1.807) is 0 Å². The van der Waals surface area contributed by atoms with Gasteiger partial charge < -0.3 is 10.0 Å². The number of hydrogen-bond donors (Lipinski definition) is 2. The second kappa shape index (κ2) is 2.21. The summed E-state index contributed by atoms with van der Waals surface area (Å²) >= 11 is 0.970. The Bertz CT molecular complexity index is 153. The lowest BCUT2D eigenvalue weighted by molar-refractivity contribution is 0.425. The molecule has 0 saturated heterocycles. The molecule has 0 aliphatic heterocycles. The average molecular weight is 130 g/mol. The van der Waals surface area contributed by atoms with Crippen LogP contribution in [-0.2, 0) is 0 Å². The van der Waals surface area contributed by atoms with Crippen molar-refractivity contribution in [2.45, 2.75) is 0 Å². The predicted molar refractivity (Wildman–Crippen MR) is 29.7 cm³/mol. The molecule has 0 spiro atoms. The number of nitrogens with zero attached hydrogens (tertiary/aromatic N) is 2. The molecule has 0 atom stereocenters. The van der Waals surface area contributed by atoms with Crippen molar-refractivity contribution in [3.63, 3.8) is 0 Å². The highest BCUT2D eigenvalue weighted by atomic mass is 32.1. The van der Waals surface area contributed by atoms with E-state index in [0.29, 0.717) is 0 Å². The summed E-state index contributed by atoms with van der Waals surface area (Å²) in [5, 5.41) is 16.8. The Labute approximate surface area is 50.1 Å². The molecule has 6 heteroatoms. The Morgan fingerprint density at radius 2 is 2.38 bits per heavy atom. The summed E-state index contributed by atoms with van der Waals surface area (Å²) in [7, 11) is -1.47. The molecule has 0 unspecified atom stereocenters. The molecule has 0 aromatic carbocycles. The maximum absolute atomic E-state index is 8.38. The van der Waals surface area contributed by atoms with Gasteiger partial charge in [0.05, 0.1) is 0 Å². The fraction of sp³-hybridized carbons (Fsp3) is 0. The van der Waals surface area contributed by atoms with Crippen LogP contribution in [0, 0.1) is 0 Å². The SMILES string of the molecule is OB(O)c1ncns1. The van der Waals surface area contributed by atoms with E-state index < -0.39 is 7.12 Å². The van der Waals surface area contributed by atoms with Gasteiger partial charge in [-0.15, -0.1) is 0 Å². The van der Waals surface area contributed by atoms with Crippen LogP contribution >= 0.6 is 11.5 Å². The van der Waals surface area contributed by atoms with Crippen molar-refractivity contribution >= 4 is 23.6 Å². The van der Waals surface area contributed by atoms with Gasteiger partial charge in [0, 0.05) is 0 Å². The summed E-state index contributed by atoms with van der Waals surface area (Å²) in [6.45, 7) is 0. The molecule has 1 aromatic rings. The van der Waals surface area contributed by atoms with Crippen molar-refractivity contribution < 1.29 is 10.0 Å². The van der Waals surface area contributed by atoms with Crippen LogP contribution in [0.15, 0.2) is 6.33 Å². The zero-order chi connectivity index (χ0) is 5.98. The maximum atomic E-state index is 8.38. The van der Waals surface area contributed by atoms with Gasteiger partial charge in [-0.2, -0.15) is 4.37 Å². The standard InChI is InChI=1S/C2H3BN2O2S/c6-3(7)2-4-1-5-8-2/h1,6-7H. The zero-order valence-corrected chi connectivity index (χ0v) is 4.67. The minimum atomic E-state index is -1.47. The van der Waals surface area contributed by atoms with Crippen molar-refractivity contribution in [2.24, 2.45) is 0 Å². The quantitative estimate of drug-likeness (QED) is 0.441. The molecule has 1 aromatic heterocycles. The van der Waals surface area contributed by atoms with Crippen molar-refractivity contribution in [1.82, 2.24) is 9.36 Å². The lowest BCUT2D eigenvalue weighted by atomic mass is 9.94. The molecular weight excluding hydrogens is 127 g/mol. The van der Waals surface area contributed by atoms with Gasteiger partial charge in [-0.1, -0.05) is 0 Å². The number of aromatic nitrogens is 2. The van der Waals surface area contributed by atoms with Gasteiger partial charge >= 0.3 is 7.12 Å². The molecule has 0 amide bonds. The Hall–Kier alpha value is -0.455. The van der Waals surface area contributed by atoms with Crippen LogP contribution in [0.2, 0.25) is 0 Å². The van der Waals surface area contributed by atoms with Crippen molar-refractivity contribution in [3.8, 4) is 0 Å². The van der Waals surface area contributed by atoms with Crippen LogP contribution in [0.25, 0.3) is 0 Å². The fourth-order valence-electron chi connectivity index (χ4n) is 0.295. The first-order valence-corrected chi connectivity index (χ1v) is 2.71. The van der Waals surface area contributed by atoms with E-state index in [-0.39, 0.29) is 4.91 Å². The average Bonchev–Trinajstić information content (AvgIpc) is 2.12. The van der Waals surface area contributed by atoms with Gasteiger partial charge in [0.1, 0.15) is 11.2 Å². The molecule has 8 heavy (non-hydrogen) atoms. The van der Waals surface area contributed by atoms with Crippen molar-refractivity contribution in [3.05, 3.63) is 6.33 Å².